The molecule has 0 amide bonds. The van der Waals surface area contributed by atoms with Gasteiger partial charge in [0.2, 0.25) is 0 Å². The van der Waals surface area contributed by atoms with E-state index < -0.39 is 0 Å². The van der Waals surface area contributed by atoms with Crippen molar-refractivity contribution >= 4 is 44.2 Å². The van der Waals surface area contributed by atoms with Crippen LogP contribution in [0, 0.1) is 0 Å². The number of hydrogen-bond donors (Lipinski definition) is 0. The number of halogens is 2. The normalized spacial score (nSPS) is 10.9. The summed E-state index contributed by atoms with van der Waals surface area (Å²) < 4.78 is 0. The van der Waals surface area contributed by atoms with E-state index in [4.69, 9.17) is 20.4 Å². The van der Waals surface area contributed by atoms with Crippen LogP contribution < -0.4 is 9.80 Å². The van der Waals surface area contributed by atoms with Crippen molar-refractivity contribution in [3.8, 4) is 0 Å². The van der Waals surface area contributed by atoms with Gasteiger partial charge >= 0.3 is 33.0 Å². The van der Waals surface area contributed by atoms with E-state index in [0.29, 0.717) is 12.7 Å². The van der Waals surface area contributed by atoms with Crippen molar-refractivity contribution in [1.82, 2.24) is 0 Å². The number of nitrogens with zero attached hydrogens (tertiary/aromatic N) is 4. The van der Waals surface area contributed by atoms with Crippen molar-refractivity contribution in [2.45, 2.75) is 6.42 Å². The third-order valence-corrected chi connectivity index (χ3v) is 3.87. The molecule has 2 aromatic carbocycles. The first-order chi connectivity index (χ1) is 13.5. The maximum absolute atomic E-state index is 4.70. The first-order valence-electron chi connectivity index (χ1n) is 8.84. The van der Waals surface area contributed by atoms with Crippen LogP contribution in [0.3, 0.4) is 0 Å². The van der Waals surface area contributed by atoms with Gasteiger partial charge < -0.3 is 9.80 Å². The molecule has 0 aliphatic rings. The molecular formula is C21H28Cl2N4Ni. The van der Waals surface area contributed by atoms with Crippen molar-refractivity contribution in [3.05, 3.63) is 59.7 Å². The molecule has 0 aliphatic heterocycles. The number of anilines is 2. The van der Waals surface area contributed by atoms with E-state index in [1.165, 1.54) is 11.4 Å². The molecule has 0 fully saturated rings. The van der Waals surface area contributed by atoms with E-state index in [-0.39, 0.29) is 0 Å². The topological polar surface area (TPSA) is 31.2 Å². The maximum atomic E-state index is 4.70. The van der Waals surface area contributed by atoms with E-state index in [1.807, 2.05) is 40.6 Å². The average Bonchev–Trinajstić information content (AvgIpc) is 2.68. The minimum absolute atomic E-state index is 0.569. The summed E-state index contributed by atoms with van der Waals surface area (Å²) in [5, 5.41) is 0. The molecule has 4 nitrogen and oxygen atoms in total. The van der Waals surface area contributed by atoms with Crippen molar-refractivity contribution in [2.75, 3.05) is 51.1 Å². The summed E-state index contributed by atoms with van der Waals surface area (Å²) in [5.41, 5.74) is 4.67. The Kier molecular flexibility index (Phi) is 12.6. The molecule has 0 aliphatic carbocycles. The molecule has 0 atom stereocenters. The van der Waals surface area contributed by atoms with Crippen molar-refractivity contribution in [2.24, 2.45) is 9.98 Å². The third kappa shape index (κ3) is 10.1. The fraction of sp³-hybridized carbons (Fsp3) is 0.333. The molecule has 0 saturated heterocycles. The van der Waals surface area contributed by atoms with Gasteiger partial charge in [-0.3, -0.25) is 9.98 Å². The predicted molar refractivity (Wildman–Crippen MR) is 123 cm³/mol. The predicted octanol–water partition coefficient (Wildman–Crippen LogP) is 5.12. The van der Waals surface area contributed by atoms with Gasteiger partial charge in [0, 0.05) is 65.1 Å². The molecule has 2 rings (SSSR count). The fourth-order valence-electron chi connectivity index (χ4n) is 2.31. The van der Waals surface area contributed by atoms with Crippen LogP contribution in [0.1, 0.15) is 17.5 Å². The monoisotopic (exact) mass is 464 g/mol. The summed E-state index contributed by atoms with van der Waals surface area (Å²) in [7, 11) is 17.6. The Labute approximate surface area is 183 Å². The summed E-state index contributed by atoms with van der Waals surface area (Å²) in [6.07, 6.45) is 4.82. The standard InChI is InChI=1S/C21H28N4.2ClH.Ni/c1-24(2)20-10-6-18(7-11-20)16-22-14-5-15-23-17-19-8-12-21(13-9-19)25(3)4;;;/h6-13,16-17H,5,14-15H2,1-4H3;2*1H;/q;;;+2/p-2. The molecule has 0 saturated carbocycles. The zero-order valence-corrected chi connectivity index (χ0v) is 19.3. The summed E-state index contributed by atoms with van der Waals surface area (Å²) in [6.45, 7) is 1.60. The molecule has 0 unspecified atom stereocenters. The Bertz CT molecular complexity index is 653. The first-order valence-corrected chi connectivity index (χ1v) is 11.6. The second-order valence-corrected chi connectivity index (χ2v) is 8.07. The van der Waals surface area contributed by atoms with Crippen molar-refractivity contribution in [3.63, 3.8) is 0 Å². The Morgan fingerprint density at radius 2 is 1.04 bits per heavy atom. The molecule has 0 N–H and O–H groups in total. The van der Waals surface area contributed by atoms with Crippen LogP contribution in [-0.4, -0.2) is 53.7 Å². The molecule has 7 heteroatoms. The number of rotatable bonds is 8. The van der Waals surface area contributed by atoms with Gasteiger partial charge in [-0.1, -0.05) is 24.3 Å². The van der Waals surface area contributed by atoms with Gasteiger partial charge in [-0.05, 0) is 41.8 Å². The summed E-state index contributed by atoms with van der Waals surface area (Å²) in [4.78, 5) is 13.1. The summed E-state index contributed by atoms with van der Waals surface area (Å²) in [6, 6.07) is 16.8. The van der Waals surface area contributed by atoms with Gasteiger partial charge in [0.15, 0.2) is 0 Å². The molecule has 0 radical (unpaired) electrons. The van der Waals surface area contributed by atoms with Gasteiger partial charge in [0.25, 0.3) is 0 Å². The van der Waals surface area contributed by atoms with E-state index in [0.717, 1.165) is 30.6 Å². The van der Waals surface area contributed by atoms with Crippen molar-refractivity contribution in [1.29, 1.82) is 0 Å². The van der Waals surface area contributed by atoms with Gasteiger partial charge in [-0.25, -0.2) is 0 Å². The summed E-state index contributed by atoms with van der Waals surface area (Å²) >= 11 is 0.569. The average molecular weight is 466 g/mol. The third-order valence-electron chi connectivity index (χ3n) is 3.87. The van der Waals surface area contributed by atoms with E-state index in [9.17, 15) is 0 Å². The molecule has 0 heterocycles. The molecular weight excluding hydrogens is 438 g/mol. The van der Waals surface area contributed by atoms with Gasteiger partial charge in [-0.2, -0.15) is 0 Å². The minimum atomic E-state index is 0.569. The van der Waals surface area contributed by atoms with Crippen LogP contribution in [0.2, 0.25) is 0 Å². The van der Waals surface area contributed by atoms with E-state index in [2.05, 4.69) is 68.3 Å². The van der Waals surface area contributed by atoms with Crippen LogP contribution in [0.15, 0.2) is 58.5 Å². The number of aliphatic imine (C=N–C) groups is 2. The van der Waals surface area contributed by atoms with Crippen LogP contribution in [-0.2, 0) is 12.7 Å². The summed E-state index contributed by atoms with van der Waals surface area (Å²) in [5.74, 6) is 0. The van der Waals surface area contributed by atoms with Gasteiger partial charge in [-0.15, -0.1) is 0 Å². The Balaban J connectivity index is 0.00000122. The Morgan fingerprint density at radius 1 is 0.714 bits per heavy atom. The molecule has 0 aromatic heterocycles. The number of hydrogen-bond acceptors (Lipinski definition) is 4. The molecule has 0 bridgehead atoms. The Morgan fingerprint density at radius 3 is 1.32 bits per heavy atom. The zero-order valence-electron chi connectivity index (χ0n) is 16.8. The fourth-order valence-corrected chi connectivity index (χ4v) is 2.31. The quantitative estimate of drug-likeness (QED) is 0.307. The second kappa shape index (κ2) is 14.5. The molecule has 0 spiro atoms. The zero-order chi connectivity index (χ0) is 20.8. The molecule has 28 heavy (non-hydrogen) atoms. The molecule has 156 valence electrons. The first kappa shape index (κ1) is 24.5. The van der Waals surface area contributed by atoms with Crippen LogP contribution in [0.25, 0.3) is 0 Å². The van der Waals surface area contributed by atoms with E-state index in [1.54, 1.807) is 0 Å². The molecule has 2 aromatic rings. The van der Waals surface area contributed by atoms with Crippen molar-refractivity contribution < 1.29 is 12.7 Å². The second-order valence-electron chi connectivity index (χ2n) is 6.44. The number of benzene rings is 2. The van der Waals surface area contributed by atoms with E-state index >= 15 is 0 Å². The van der Waals surface area contributed by atoms with Crippen LogP contribution in [0.5, 0.6) is 0 Å². The Hall–Kier alpha value is -1.55. The SMILES string of the molecule is CN(C)c1ccc(C=NCCCN=Cc2ccc(N(C)C)cc2)cc1.[Cl][Ni][Cl]. The van der Waals surface area contributed by atoms with Crippen LogP contribution >= 0.6 is 20.4 Å². The van der Waals surface area contributed by atoms with Crippen LogP contribution in [0.4, 0.5) is 11.4 Å². The van der Waals surface area contributed by atoms with Gasteiger partial charge in [0.05, 0.1) is 0 Å². The van der Waals surface area contributed by atoms with Gasteiger partial charge in [0.1, 0.15) is 0 Å².